The number of nitrogens with two attached hydrogens (primary N) is 1. The van der Waals surface area contributed by atoms with Crippen LogP contribution in [0.2, 0.25) is 0 Å². The van der Waals surface area contributed by atoms with E-state index < -0.39 is 35.4 Å². The summed E-state index contributed by atoms with van der Waals surface area (Å²) in [5.41, 5.74) is 9.67. The van der Waals surface area contributed by atoms with E-state index in [4.69, 9.17) is 24.9 Å². The number of piperidine rings is 2. The highest BCUT2D eigenvalue weighted by atomic mass is 19.1. The number of carbonyl (C=O) groups is 7. The zero-order valence-electron chi connectivity index (χ0n) is 45.5. The molecule has 24 nitrogen and oxygen atoms in total. The van der Waals surface area contributed by atoms with Crippen molar-refractivity contribution < 1.29 is 56.9 Å². The van der Waals surface area contributed by atoms with E-state index in [2.05, 4.69) is 58.2 Å². The van der Waals surface area contributed by atoms with Crippen molar-refractivity contribution in [3.63, 3.8) is 0 Å². The average molecular weight is 1120 g/mol. The van der Waals surface area contributed by atoms with E-state index in [1.165, 1.54) is 42.1 Å². The number of aromatic nitrogens is 6. The second-order valence-corrected chi connectivity index (χ2v) is 19.6. The number of esters is 1. The summed E-state index contributed by atoms with van der Waals surface area (Å²) in [6, 6.07) is 16.0. The summed E-state index contributed by atoms with van der Waals surface area (Å²) in [7, 11) is 1.19. The number of likely N-dealkylation sites (tertiary alicyclic amines) is 1. The third-order valence-corrected chi connectivity index (χ3v) is 14.0. The van der Waals surface area contributed by atoms with Gasteiger partial charge in [0, 0.05) is 67.6 Å². The van der Waals surface area contributed by atoms with Crippen molar-refractivity contribution in [2.75, 3.05) is 103 Å². The predicted molar refractivity (Wildman–Crippen MR) is 296 cm³/mol. The van der Waals surface area contributed by atoms with Crippen LogP contribution >= 0.6 is 0 Å². The van der Waals surface area contributed by atoms with E-state index in [0.717, 1.165) is 55.0 Å². The molecule has 2 saturated heterocycles. The molecule has 6 aromatic rings. The molecule has 5 amide bonds. The summed E-state index contributed by atoms with van der Waals surface area (Å²) in [6.45, 7) is 5.84. The summed E-state index contributed by atoms with van der Waals surface area (Å²) < 4.78 is 39.6. The van der Waals surface area contributed by atoms with E-state index in [1.54, 1.807) is 31.3 Å². The van der Waals surface area contributed by atoms with Crippen LogP contribution in [0.25, 0.3) is 32.9 Å². The van der Waals surface area contributed by atoms with E-state index in [0.29, 0.717) is 77.7 Å². The number of carbonyl (C=O) groups excluding carboxylic acids is 7. The molecule has 3 aromatic carbocycles. The summed E-state index contributed by atoms with van der Waals surface area (Å²) in [5, 5.41) is 20.4. The molecule has 0 bridgehead atoms. The second kappa shape index (κ2) is 28.6. The molecular formula is C56H68FN13O11. The van der Waals surface area contributed by atoms with Crippen LogP contribution in [0.5, 0.6) is 0 Å². The van der Waals surface area contributed by atoms with Gasteiger partial charge in [-0.2, -0.15) is 10.2 Å². The zero-order valence-corrected chi connectivity index (χ0v) is 45.5. The van der Waals surface area contributed by atoms with Gasteiger partial charge in [0.2, 0.25) is 29.5 Å². The molecule has 3 aromatic heterocycles. The maximum atomic E-state index is 15.8. The molecule has 0 spiro atoms. The first-order chi connectivity index (χ1) is 39.3. The van der Waals surface area contributed by atoms with Crippen LogP contribution in [0.15, 0.2) is 67.0 Å². The fourth-order valence-electron chi connectivity index (χ4n) is 9.79. The fraction of sp³-hybridized carbons (Fsp3) is 0.446. The van der Waals surface area contributed by atoms with Gasteiger partial charge in [0.15, 0.2) is 11.5 Å². The molecule has 5 heterocycles. The zero-order chi connectivity index (χ0) is 57.3. The quantitative estimate of drug-likeness (QED) is 0.0361. The Morgan fingerprint density at radius 1 is 0.728 bits per heavy atom. The Morgan fingerprint density at radius 2 is 1.44 bits per heavy atom. The lowest BCUT2D eigenvalue weighted by molar-refractivity contribution is -0.141. The number of nitrogens with zero attached hydrogens (tertiary/aromatic N) is 8. The van der Waals surface area contributed by atoms with Crippen molar-refractivity contribution in [1.29, 1.82) is 0 Å². The number of hydrogen-bond acceptors (Lipinski definition) is 17. The Bertz CT molecular complexity index is 3210. The standard InChI is InChI=1S/C56H68FN13O11/c1-36-53-41(7-6-8-44(53)69(66-36)35-49(73)60-33-48(72)61-34-52(76)78-2)42-30-45-39(29-43(42)57)31-63-70(45)51(75)14-13-47(71)59-18-24-80-26-28-81-27-25-79-23-17-50(74)68-21-15-38(16-22-68)37-9-11-40(12-10-37)64-56-54(55(58)77)62-32-46(65-56)67-19-4-3-5-20-67/h6-12,29-32,38H,3-5,13-28,33-35H2,1-2H3,(H2,58,77)(H,59,71)(H,60,73)(H,61,72)(H,64,65). The molecule has 2 aliphatic rings. The van der Waals surface area contributed by atoms with Gasteiger partial charge in [-0.3, -0.25) is 38.2 Å². The lowest BCUT2D eigenvalue weighted by atomic mass is 9.89. The predicted octanol–water partition coefficient (Wildman–Crippen LogP) is 3.91. The number of methoxy groups -OCH3 is 1. The van der Waals surface area contributed by atoms with Crippen molar-refractivity contribution in [3.8, 4) is 11.1 Å². The summed E-state index contributed by atoms with van der Waals surface area (Å²) in [4.78, 5) is 100. The van der Waals surface area contributed by atoms with Crippen LogP contribution in [0.4, 0.5) is 21.7 Å². The minimum atomic E-state index is -0.648. The molecular weight excluding hydrogens is 1050 g/mol. The molecule has 2 fully saturated rings. The smallest absolute Gasteiger partial charge is 0.325 e. The Balaban J connectivity index is 0.672. The molecule has 0 radical (unpaired) electrons. The molecule has 81 heavy (non-hydrogen) atoms. The maximum absolute atomic E-state index is 15.8. The van der Waals surface area contributed by atoms with Crippen LogP contribution < -0.4 is 31.9 Å². The van der Waals surface area contributed by atoms with Crippen molar-refractivity contribution in [3.05, 3.63) is 89.8 Å². The third kappa shape index (κ3) is 15.9. The summed E-state index contributed by atoms with van der Waals surface area (Å²) in [5.74, 6) is -2.37. The number of rotatable bonds is 27. The molecule has 0 saturated carbocycles. The Kier molecular flexibility index (Phi) is 20.8. The van der Waals surface area contributed by atoms with Crippen LogP contribution in [0.3, 0.4) is 0 Å². The van der Waals surface area contributed by atoms with Crippen molar-refractivity contribution in [2.24, 2.45) is 5.73 Å². The first kappa shape index (κ1) is 58.7. The number of nitrogens with one attached hydrogen (secondary N) is 4. The SMILES string of the molecule is COC(=O)CNC(=O)CNC(=O)Cn1nc(C)c2c(-c3cc4c(cnn4C(=O)CCC(=O)NCCOCCOCCOCCC(=O)N4CCC(c5ccc(Nc6nc(N7CCCCC7)cnc6C(N)=O)cc5)CC4)cc3F)cccc21. The van der Waals surface area contributed by atoms with Gasteiger partial charge < -0.3 is 55.7 Å². The van der Waals surface area contributed by atoms with E-state index in [9.17, 15) is 33.6 Å². The van der Waals surface area contributed by atoms with E-state index >= 15 is 4.39 Å². The fourth-order valence-corrected chi connectivity index (χ4v) is 9.79. The minimum Gasteiger partial charge on any atom is -0.468 e. The van der Waals surface area contributed by atoms with E-state index in [1.807, 2.05) is 17.0 Å². The third-order valence-electron chi connectivity index (χ3n) is 14.0. The highest BCUT2D eigenvalue weighted by Crippen LogP contribution is 2.35. The van der Waals surface area contributed by atoms with Gasteiger partial charge in [-0.1, -0.05) is 24.3 Å². The van der Waals surface area contributed by atoms with Gasteiger partial charge in [-0.25, -0.2) is 19.0 Å². The van der Waals surface area contributed by atoms with Crippen LogP contribution in [-0.4, -0.2) is 168 Å². The second-order valence-electron chi connectivity index (χ2n) is 19.6. The lowest BCUT2D eigenvalue weighted by Gasteiger charge is -2.32. The van der Waals surface area contributed by atoms with Gasteiger partial charge in [0.1, 0.15) is 24.7 Å². The number of amides is 5. The molecule has 430 valence electrons. The Hall–Kier alpha value is -8.42. The highest BCUT2D eigenvalue weighted by molar-refractivity contribution is 6.01. The number of anilines is 3. The van der Waals surface area contributed by atoms with Crippen LogP contribution in [0, 0.1) is 12.7 Å². The molecule has 6 N–H and O–H groups in total. The van der Waals surface area contributed by atoms with Gasteiger partial charge in [-0.15, -0.1) is 0 Å². The average Bonchev–Trinajstić information content (AvgIpc) is 4.23. The van der Waals surface area contributed by atoms with Crippen LogP contribution in [0.1, 0.15) is 83.8 Å². The highest BCUT2D eigenvalue weighted by Gasteiger charge is 2.25. The first-order valence-corrected chi connectivity index (χ1v) is 27.1. The Morgan fingerprint density at radius 3 is 2.17 bits per heavy atom. The van der Waals surface area contributed by atoms with Crippen molar-refractivity contribution >= 4 is 80.5 Å². The van der Waals surface area contributed by atoms with Crippen molar-refractivity contribution in [2.45, 2.75) is 70.8 Å². The molecule has 0 aliphatic carbocycles. The normalized spacial score (nSPS) is 13.8. The van der Waals surface area contributed by atoms with E-state index in [-0.39, 0.29) is 88.3 Å². The summed E-state index contributed by atoms with van der Waals surface area (Å²) in [6.07, 6.45) is 8.04. The number of fused-ring (bicyclic) bond motifs is 2. The molecule has 0 atom stereocenters. The topological polar surface area (TPSA) is 298 Å². The first-order valence-electron chi connectivity index (χ1n) is 27.1. The number of aryl methyl sites for hydroxylation is 1. The van der Waals surface area contributed by atoms with Gasteiger partial charge in [0.05, 0.1) is 88.8 Å². The Labute approximate surface area is 466 Å². The lowest BCUT2D eigenvalue weighted by Crippen LogP contribution is -2.40. The number of hydrogen-bond donors (Lipinski definition) is 5. The van der Waals surface area contributed by atoms with Gasteiger partial charge in [-0.05, 0) is 86.4 Å². The van der Waals surface area contributed by atoms with Gasteiger partial charge >= 0.3 is 5.97 Å². The largest absolute Gasteiger partial charge is 0.468 e. The number of ether oxygens (including phenoxy) is 4. The number of primary amides is 1. The number of benzene rings is 3. The molecule has 8 rings (SSSR count). The minimum absolute atomic E-state index is 0.0530. The summed E-state index contributed by atoms with van der Waals surface area (Å²) >= 11 is 0. The molecule has 25 heteroatoms. The van der Waals surface area contributed by atoms with Crippen molar-refractivity contribution in [1.82, 2.24) is 50.4 Å². The van der Waals surface area contributed by atoms with Crippen LogP contribution in [-0.2, 0) is 49.5 Å². The van der Waals surface area contributed by atoms with Gasteiger partial charge in [0.25, 0.3) is 5.91 Å². The maximum Gasteiger partial charge on any atom is 0.325 e. The molecule has 2 aliphatic heterocycles. The monoisotopic (exact) mass is 1120 g/mol. The number of halogens is 1. The molecule has 0 unspecified atom stereocenters.